The van der Waals surface area contributed by atoms with Gasteiger partial charge >= 0.3 is 0 Å². The van der Waals surface area contributed by atoms with Crippen molar-refractivity contribution in [1.82, 2.24) is 9.80 Å². The first-order chi connectivity index (χ1) is 11.6. The van der Waals surface area contributed by atoms with Crippen LogP contribution in [0.2, 0.25) is 0 Å². The average molecular weight is 336 g/mol. The number of carbonyl (C=O) groups is 1. The van der Waals surface area contributed by atoms with Gasteiger partial charge in [0.05, 0.1) is 25.2 Å². The van der Waals surface area contributed by atoms with Gasteiger partial charge in [0.1, 0.15) is 6.61 Å². The number of hydrogen-bond acceptors (Lipinski definition) is 5. The van der Waals surface area contributed by atoms with Gasteiger partial charge in [-0.05, 0) is 25.3 Å². The molecule has 3 rings (SSSR count). The second-order valence-electron chi connectivity index (χ2n) is 7.24. The van der Waals surface area contributed by atoms with Crippen LogP contribution < -0.4 is 0 Å². The van der Waals surface area contributed by atoms with E-state index in [0.717, 1.165) is 45.5 Å². The van der Waals surface area contributed by atoms with Crippen molar-refractivity contribution >= 4 is 5.91 Å². The molecule has 6 nitrogen and oxygen atoms in total. The third kappa shape index (κ3) is 3.99. The zero-order chi connectivity index (χ0) is 17.0. The Morgan fingerprint density at radius 2 is 2.38 bits per heavy atom. The van der Waals surface area contributed by atoms with Gasteiger partial charge in [-0.25, -0.2) is 0 Å². The van der Waals surface area contributed by atoms with Crippen molar-refractivity contribution in [3.05, 3.63) is 24.2 Å². The molecule has 2 saturated heterocycles. The lowest BCUT2D eigenvalue weighted by Crippen LogP contribution is -2.56. The molecular weight excluding hydrogens is 308 g/mol. The minimum Gasteiger partial charge on any atom is -0.472 e. The van der Waals surface area contributed by atoms with Crippen LogP contribution in [0.5, 0.6) is 0 Å². The van der Waals surface area contributed by atoms with Gasteiger partial charge in [-0.15, -0.1) is 0 Å². The van der Waals surface area contributed by atoms with Crippen LogP contribution in [0.15, 0.2) is 23.0 Å². The molecular formula is C18H28N2O4. The lowest BCUT2D eigenvalue weighted by Gasteiger charge is -2.50. The van der Waals surface area contributed by atoms with Gasteiger partial charge in [-0.2, -0.15) is 0 Å². The van der Waals surface area contributed by atoms with Crippen molar-refractivity contribution in [1.29, 1.82) is 0 Å². The fraction of sp³-hybridized carbons (Fsp3) is 0.722. The smallest absolute Gasteiger partial charge is 0.248 e. The minimum atomic E-state index is -0.00711. The molecule has 134 valence electrons. The van der Waals surface area contributed by atoms with Gasteiger partial charge in [-0.3, -0.25) is 9.69 Å². The van der Waals surface area contributed by atoms with E-state index in [-0.39, 0.29) is 24.0 Å². The van der Waals surface area contributed by atoms with E-state index in [0.29, 0.717) is 6.61 Å². The first kappa shape index (κ1) is 17.5. The highest BCUT2D eigenvalue weighted by atomic mass is 16.5. The van der Waals surface area contributed by atoms with E-state index in [1.807, 2.05) is 12.3 Å². The number of carbonyl (C=O) groups excluding carboxylic acids is 1. The lowest BCUT2D eigenvalue weighted by molar-refractivity contribution is -0.160. The topological polar surface area (TPSA) is 55.2 Å². The van der Waals surface area contributed by atoms with Crippen LogP contribution in [-0.4, -0.2) is 68.8 Å². The van der Waals surface area contributed by atoms with Crippen molar-refractivity contribution in [3.63, 3.8) is 0 Å². The highest BCUT2D eigenvalue weighted by molar-refractivity contribution is 5.76. The van der Waals surface area contributed by atoms with Crippen molar-refractivity contribution in [2.75, 3.05) is 47.0 Å². The molecule has 0 bridgehead atoms. The number of likely N-dealkylation sites (tertiary alicyclic amines) is 1. The van der Waals surface area contributed by atoms with E-state index < -0.39 is 0 Å². The van der Waals surface area contributed by atoms with Crippen LogP contribution in [0.4, 0.5) is 0 Å². The number of rotatable bonds is 6. The fourth-order valence-electron chi connectivity index (χ4n) is 3.84. The molecule has 2 unspecified atom stereocenters. The summed E-state index contributed by atoms with van der Waals surface area (Å²) in [5.74, 6) is 0.00532. The first-order valence-corrected chi connectivity index (χ1v) is 8.72. The highest BCUT2D eigenvalue weighted by Gasteiger charge is 2.46. The largest absolute Gasteiger partial charge is 0.472 e. The molecule has 2 atom stereocenters. The first-order valence-electron chi connectivity index (χ1n) is 8.72. The van der Waals surface area contributed by atoms with E-state index in [4.69, 9.17) is 13.9 Å². The Morgan fingerprint density at radius 1 is 1.50 bits per heavy atom. The van der Waals surface area contributed by atoms with Crippen molar-refractivity contribution < 1.29 is 18.7 Å². The molecule has 2 fully saturated rings. The predicted molar refractivity (Wildman–Crippen MR) is 89.5 cm³/mol. The van der Waals surface area contributed by atoms with Crippen LogP contribution in [-0.2, 0) is 20.8 Å². The van der Waals surface area contributed by atoms with E-state index in [9.17, 15) is 4.79 Å². The van der Waals surface area contributed by atoms with Gasteiger partial charge in [0.2, 0.25) is 5.91 Å². The number of ether oxygens (including phenoxy) is 2. The summed E-state index contributed by atoms with van der Waals surface area (Å²) in [5.41, 5.74) is 1.19. The molecule has 1 amide bonds. The van der Waals surface area contributed by atoms with Gasteiger partial charge in [-0.1, -0.05) is 0 Å². The number of likely N-dealkylation sites (N-methyl/N-ethyl adjacent to an activating group) is 1. The van der Waals surface area contributed by atoms with Gasteiger partial charge in [0.25, 0.3) is 0 Å². The standard InChI is InChI=1S/C18H28N2O4/c1-19(2)17(21)12-23-14-18-6-3-8-24-16(18)4-7-20(13-18)10-15-5-9-22-11-15/h5,9,11,16H,3-4,6-8,10,12-14H2,1-2H3. The monoisotopic (exact) mass is 336 g/mol. The summed E-state index contributed by atoms with van der Waals surface area (Å²) < 4.78 is 17.1. The maximum absolute atomic E-state index is 11.8. The van der Waals surface area contributed by atoms with Crippen LogP contribution in [0.25, 0.3) is 0 Å². The SMILES string of the molecule is CN(C)C(=O)COCC12CCCOC1CCN(Cc1ccoc1)C2. The Labute approximate surface area is 143 Å². The molecule has 1 aromatic heterocycles. The Balaban J connectivity index is 1.62. The highest BCUT2D eigenvalue weighted by Crippen LogP contribution is 2.40. The number of piperidine rings is 1. The number of nitrogens with zero attached hydrogens (tertiary/aromatic N) is 2. The number of furan rings is 1. The van der Waals surface area contributed by atoms with E-state index in [2.05, 4.69) is 4.90 Å². The molecule has 0 aromatic carbocycles. The number of amides is 1. The maximum atomic E-state index is 11.8. The summed E-state index contributed by atoms with van der Waals surface area (Å²) in [5, 5.41) is 0. The van der Waals surface area contributed by atoms with Crippen LogP contribution in [0, 0.1) is 5.41 Å². The third-order valence-electron chi connectivity index (χ3n) is 5.17. The fourth-order valence-corrected chi connectivity index (χ4v) is 3.84. The van der Waals surface area contributed by atoms with Crippen molar-refractivity contribution in [3.8, 4) is 0 Å². The molecule has 3 heterocycles. The van der Waals surface area contributed by atoms with Gasteiger partial charge in [0.15, 0.2) is 0 Å². The normalized spacial score (nSPS) is 27.7. The Hall–Kier alpha value is -1.37. The van der Waals surface area contributed by atoms with E-state index in [1.54, 1.807) is 25.3 Å². The summed E-state index contributed by atoms with van der Waals surface area (Å²) in [6.07, 6.45) is 6.93. The Kier molecular flexibility index (Phi) is 5.58. The summed E-state index contributed by atoms with van der Waals surface area (Å²) in [6, 6.07) is 2.02. The van der Waals surface area contributed by atoms with Crippen LogP contribution in [0.3, 0.4) is 0 Å². The Morgan fingerprint density at radius 3 is 3.12 bits per heavy atom. The Bertz CT molecular complexity index is 531. The molecule has 0 aliphatic carbocycles. The average Bonchev–Trinajstić information content (AvgIpc) is 3.07. The molecule has 0 N–H and O–H groups in total. The van der Waals surface area contributed by atoms with Crippen LogP contribution in [0.1, 0.15) is 24.8 Å². The molecule has 0 saturated carbocycles. The van der Waals surface area contributed by atoms with Gasteiger partial charge < -0.3 is 18.8 Å². The third-order valence-corrected chi connectivity index (χ3v) is 5.17. The molecule has 2 aliphatic heterocycles. The molecule has 0 spiro atoms. The molecule has 2 aliphatic rings. The number of hydrogen-bond donors (Lipinski definition) is 0. The minimum absolute atomic E-state index is 0.00532. The summed E-state index contributed by atoms with van der Waals surface area (Å²) in [7, 11) is 3.51. The summed E-state index contributed by atoms with van der Waals surface area (Å²) in [4.78, 5) is 15.8. The molecule has 24 heavy (non-hydrogen) atoms. The zero-order valence-electron chi connectivity index (χ0n) is 14.7. The number of fused-ring (bicyclic) bond motifs is 1. The van der Waals surface area contributed by atoms with E-state index >= 15 is 0 Å². The second kappa shape index (κ2) is 7.68. The maximum Gasteiger partial charge on any atom is 0.248 e. The summed E-state index contributed by atoms with van der Waals surface area (Å²) >= 11 is 0. The predicted octanol–water partition coefficient (Wildman–Crippen LogP) is 1.76. The summed E-state index contributed by atoms with van der Waals surface area (Å²) in [6.45, 7) is 4.42. The molecule has 0 radical (unpaired) electrons. The quantitative estimate of drug-likeness (QED) is 0.792. The van der Waals surface area contributed by atoms with Crippen molar-refractivity contribution in [2.24, 2.45) is 5.41 Å². The molecule has 6 heteroatoms. The van der Waals surface area contributed by atoms with E-state index in [1.165, 1.54) is 5.56 Å². The lowest BCUT2D eigenvalue weighted by atomic mass is 9.73. The second-order valence-corrected chi connectivity index (χ2v) is 7.24. The zero-order valence-corrected chi connectivity index (χ0v) is 14.7. The van der Waals surface area contributed by atoms with Gasteiger partial charge in [0, 0.05) is 51.3 Å². The van der Waals surface area contributed by atoms with Crippen molar-refractivity contribution in [2.45, 2.75) is 31.9 Å². The van der Waals surface area contributed by atoms with Crippen LogP contribution >= 0.6 is 0 Å². The molecule has 1 aromatic rings.